The molecule has 1 aromatic carbocycles. The lowest BCUT2D eigenvalue weighted by Crippen LogP contribution is -2.09. The maximum Gasteiger partial charge on any atom is 0.117 e. The van der Waals surface area contributed by atoms with Gasteiger partial charge >= 0.3 is 0 Å². The maximum absolute atomic E-state index is 8.06. The van der Waals surface area contributed by atoms with Crippen LogP contribution in [0.2, 0.25) is 0 Å². The Balaban J connectivity index is 0.000000200. The Hall–Kier alpha value is -1.41. The van der Waals surface area contributed by atoms with Crippen LogP contribution in [0, 0.1) is 11.3 Å². The predicted octanol–water partition coefficient (Wildman–Crippen LogP) is 0.452. The van der Waals surface area contributed by atoms with E-state index in [2.05, 4.69) is 5.32 Å². The van der Waals surface area contributed by atoms with Crippen LogP contribution >= 0.6 is 0 Å². The summed E-state index contributed by atoms with van der Waals surface area (Å²) < 4.78 is 0. The van der Waals surface area contributed by atoms with Crippen LogP contribution in [0.25, 0.3) is 0 Å². The summed E-state index contributed by atoms with van der Waals surface area (Å²) in [6.45, 7) is 2.43. The van der Waals surface area contributed by atoms with E-state index in [-0.39, 0.29) is 12.3 Å². The summed E-state index contributed by atoms with van der Waals surface area (Å²) in [6.07, 6.45) is -0.167. The number of nitrogens with two attached hydrogens (primary N) is 1. The quantitative estimate of drug-likeness (QED) is 0.539. The third kappa shape index (κ3) is 15.4. The molecule has 2 atom stereocenters. The fourth-order valence-corrected chi connectivity index (χ4v) is 0.438. The Morgan fingerprint density at radius 3 is 1.60 bits per heavy atom. The van der Waals surface area contributed by atoms with Gasteiger partial charge in [0.2, 0.25) is 0 Å². The van der Waals surface area contributed by atoms with Crippen LogP contribution in [0.4, 0.5) is 0 Å². The van der Waals surface area contributed by atoms with E-state index < -0.39 is 0 Å². The molecule has 2 rings (SSSR count). The van der Waals surface area contributed by atoms with Crippen LogP contribution in [0.15, 0.2) is 36.4 Å². The van der Waals surface area contributed by atoms with Gasteiger partial charge in [0.15, 0.2) is 0 Å². The molecule has 1 aliphatic rings. The third-order valence-electron chi connectivity index (χ3n) is 1.26. The zero-order valence-corrected chi connectivity index (χ0v) is 8.80. The van der Waals surface area contributed by atoms with Crippen molar-refractivity contribution in [2.75, 3.05) is 6.54 Å². The average molecular weight is 207 g/mol. The van der Waals surface area contributed by atoms with E-state index in [1.807, 2.05) is 36.4 Å². The molecule has 2 unspecified atom stereocenters. The Bertz CT molecular complexity index is 238. The van der Waals surface area contributed by atoms with E-state index in [9.17, 15) is 0 Å². The zero-order valence-electron chi connectivity index (χ0n) is 8.80. The first-order valence-electron chi connectivity index (χ1n) is 4.73. The molecular weight excluding hydrogens is 190 g/mol. The number of β-amino-alcohol motifs (C(OH)–C–C–N with tert-alkyl or cyclic N) is 1. The van der Waals surface area contributed by atoms with Crippen molar-refractivity contribution in [3.8, 4) is 6.07 Å². The fraction of sp³-hybridized carbons (Fsp3) is 0.364. The van der Waals surface area contributed by atoms with Crippen LogP contribution < -0.4 is 11.1 Å². The molecule has 0 aliphatic carbocycles. The second kappa shape index (κ2) is 9.16. The Kier molecular flexibility index (Phi) is 8.30. The molecule has 0 amide bonds. The van der Waals surface area contributed by atoms with Gasteiger partial charge in [0.25, 0.3) is 0 Å². The van der Waals surface area contributed by atoms with E-state index in [1.165, 1.54) is 0 Å². The molecule has 0 radical (unpaired) electrons. The van der Waals surface area contributed by atoms with E-state index in [1.54, 1.807) is 13.0 Å². The van der Waals surface area contributed by atoms with Gasteiger partial charge < -0.3 is 10.8 Å². The standard InChI is InChI=1S/C6H6.C3H6N2.C2H5NO/c1-2-4-6-5-3-1;1-3(5)2-4;4-2-1-3-2/h1-6H;3H,5H2,1H3;2-4H,1H2. The molecule has 1 heterocycles. The first kappa shape index (κ1) is 13.6. The van der Waals surface area contributed by atoms with Crippen LogP contribution in [0.5, 0.6) is 0 Å². The van der Waals surface area contributed by atoms with Crippen molar-refractivity contribution in [3.05, 3.63) is 36.4 Å². The number of nitriles is 1. The normalized spacial score (nSPS) is 18.1. The predicted molar refractivity (Wildman–Crippen MR) is 59.7 cm³/mol. The summed E-state index contributed by atoms with van der Waals surface area (Å²) in [4.78, 5) is 0. The number of hydrogen-bond acceptors (Lipinski definition) is 4. The van der Waals surface area contributed by atoms with E-state index >= 15 is 0 Å². The van der Waals surface area contributed by atoms with Crippen molar-refractivity contribution in [1.82, 2.24) is 5.32 Å². The van der Waals surface area contributed by atoms with Crippen molar-refractivity contribution in [1.29, 1.82) is 5.26 Å². The molecule has 15 heavy (non-hydrogen) atoms. The number of nitrogens with zero attached hydrogens (tertiary/aromatic N) is 1. The van der Waals surface area contributed by atoms with Crippen LogP contribution in [-0.2, 0) is 0 Å². The van der Waals surface area contributed by atoms with Crippen LogP contribution in [-0.4, -0.2) is 23.9 Å². The molecule has 0 bridgehead atoms. The summed E-state index contributed by atoms with van der Waals surface area (Å²) in [6, 6.07) is 13.5. The SMILES string of the molecule is CC(N)C#N.OC1CN1.c1ccccc1. The summed E-state index contributed by atoms with van der Waals surface area (Å²) >= 11 is 0. The van der Waals surface area contributed by atoms with Crippen LogP contribution in [0.1, 0.15) is 6.92 Å². The van der Waals surface area contributed by atoms with Gasteiger partial charge in [0.1, 0.15) is 6.23 Å². The molecule has 0 spiro atoms. The molecule has 1 aliphatic heterocycles. The molecule has 1 aromatic rings. The molecule has 82 valence electrons. The highest BCUT2D eigenvalue weighted by Gasteiger charge is 2.13. The smallest absolute Gasteiger partial charge is 0.117 e. The number of aliphatic hydroxyl groups excluding tert-OH is 1. The van der Waals surface area contributed by atoms with Crippen molar-refractivity contribution >= 4 is 0 Å². The minimum Gasteiger partial charge on any atom is -0.377 e. The summed E-state index contributed by atoms with van der Waals surface area (Å²) in [5.74, 6) is 0. The molecule has 4 nitrogen and oxygen atoms in total. The zero-order chi connectivity index (χ0) is 11.5. The van der Waals surface area contributed by atoms with E-state index in [0.29, 0.717) is 0 Å². The van der Waals surface area contributed by atoms with Gasteiger partial charge in [-0.3, -0.25) is 5.32 Å². The van der Waals surface area contributed by atoms with Gasteiger partial charge in [-0.15, -0.1) is 0 Å². The molecule has 0 saturated carbocycles. The van der Waals surface area contributed by atoms with Gasteiger partial charge in [-0.1, -0.05) is 36.4 Å². The van der Waals surface area contributed by atoms with Gasteiger partial charge in [0, 0.05) is 6.54 Å². The van der Waals surface area contributed by atoms with Gasteiger partial charge in [-0.25, -0.2) is 0 Å². The lowest BCUT2D eigenvalue weighted by Gasteiger charge is -1.78. The minimum absolute atomic E-state index is 0.167. The largest absolute Gasteiger partial charge is 0.377 e. The molecule has 1 saturated heterocycles. The molecule has 1 fully saturated rings. The average Bonchev–Trinajstić information content (AvgIpc) is 3.05. The highest BCUT2D eigenvalue weighted by Crippen LogP contribution is 1.84. The summed E-state index contributed by atoms with van der Waals surface area (Å²) in [7, 11) is 0. The number of rotatable bonds is 0. The van der Waals surface area contributed by atoms with Crippen molar-refractivity contribution in [3.63, 3.8) is 0 Å². The Morgan fingerprint density at radius 1 is 1.33 bits per heavy atom. The molecule has 4 N–H and O–H groups in total. The highest BCUT2D eigenvalue weighted by atomic mass is 16.3. The van der Waals surface area contributed by atoms with E-state index in [4.69, 9.17) is 16.1 Å². The molecule has 4 heteroatoms. The van der Waals surface area contributed by atoms with Gasteiger partial charge in [-0.2, -0.15) is 5.26 Å². The van der Waals surface area contributed by atoms with Gasteiger partial charge in [-0.05, 0) is 6.92 Å². The highest BCUT2D eigenvalue weighted by molar-refractivity contribution is 4.99. The van der Waals surface area contributed by atoms with Crippen molar-refractivity contribution in [2.24, 2.45) is 5.73 Å². The first-order chi connectivity index (χ1) is 7.16. The van der Waals surface area contributed by atoms with Crippen molar-refractivity contribution < 1.29 is 5.11 Å². The Labute approximate surface area is 90.3 Å². The third-order valence-corrected chi connectivity index (χ3v) is 1.26. The maximum atomic E-state index is 8.06. The monoisotopic (exact) mass is 207 g/mol. The summed E-state index contributed by atoms with van der Waals surface area (Å²) in [5.41, 5.74) is 4.93. The number of hydrogen-bond donors (Lipinski definition) is 3. The second-order valence-electron chi connectivity index (χ2n) is 3.00. The lowest BCUT2D eigenvalue weighted by molar-refractivity contribution is 0.274. The fourth-order valence-electron chi connectivity index (χ4n) is 0.438. The number of aliphatic hydroxyl groups is 1. The Morgan fingerprint density at radius 2 is 1.53 bits per heavy atom. The molecular formula is C11H17N3O. The molecule has 0 aromatic heterocycles. The topological polar surface area (TPSA) is 92.0 Å². The number of nitrogens with one attached hydrogen (secondary N) is 1. The number of benzene rings is 1. The van der Waals surface area contributed by atoms with Crippen LogP contribution in [0.3, 0.4) is 0 Å². The second-order valence-corrected chi connectivity index (χ2v) is 3.00. The summed E-state index contributed by atoms with van der Waals surface area (Å²) in [5, 5.41) is 18.5. The first-order valence-corrected chi connectivity index (χ1v) is 4.73. The lowest BCUT2D eigenvalue weighted by atomic mass is 10.4. The minimum atomic E-state index is -0.310. The van der Waals surface area contributed by atoms with Crippen molar-refractivity contribution in [2.45, 2.75) is 19.2 Å². The van der Waals surface area contributed by atoms with E-state index in [0.717, 1.165) is 6.54 Å². The van der Waals surface area contributed by atoms with Gasteiger partial charge in [0.05, 0.1) is 12.1 Å².